The Hall–Kier alpha value is -2.82. The van der Waals surface area contributed by atoms with E-state index in [1.807, 2.05) is 81.4 Å². The second-order valence-electron chi connectivity index (χ2n) is 10.1. The van der Waals surface area contributed by atoms with Crippen molar-refractivity contribution >= 4 is 18.4 Å². The number of aromatic amines is 1. The molecule has 3 aromatic rings. The number of ether oxygens (including phenoxy) is 1. The molecule has 186 valence electrons. The van der Waals surface area contributed by atoms with Gasteiger partial charge in [0.05, 0.1) is 6.61 Å². The predicted octanol–water partition coefficient (Wildman–Crippen LogP) is 0.213. The van der Waals surface area contributed by atoms with Gasteiger partial charge in [-0.15, -0.1) is 0 Å². The summed E-state index contributed by atoms with van der Waals surface area (Å²) >= 11 is 0. The Labute approximate surface area is 204 Å². The van der Waals surface area contributed by atoms with Crippen molar-refractivity contribution in [2.24, 2.45) is 0 Å². The van der Waals surface area contributed by atoms with Crippen LogP contribution in [0.4, 0.5) is 0 Å². The number of H-pyrrole nitrogens is 1. The van der Waals surface area contributed by atoms with E-state index in [2.05, 4.69) is 4.98 Å². The summed E-state index contributed by atoms with van der Waals surface area (Å²) in [5.41, 5.74) is -1.06. The Morgan fingerprint density at radius 1 is 1.00 bits per heavy atom. The second-order valence-corrected chi connectivity index (χ2v) is 15.0. The highest BCUT2D eigenvalue weighted by molar-refractivity contribution is 7.05. The quantitative estimate of drug-likeness (QED) is 0.375. The first-order valence-corrected chi connectivity index (χ1v) is 13.6. The predicted molar refractivity (Wildman–Crippen MR) is 136 cm³/mol. The van der Waals surface area contributed by atoms with E-state index in [1.54, 1.807) is 6.92 Å². The van der Waals surface area contributed by atoms with Crippen LogP contribution in [0.1, 0.15) is 26.3 Å². The average Bonchev–Trinajstić information content (AvgIpc) is 3.08. The van der Waals surface area contributed by atoms with Gasteiger partial charge >= 0.3 is 5.69 Å². The summed E-state index contributed by atoms with van der Waals surface area (Å²) in [6.45, 7) is 7.09. The minimum absolute atomic E-state index is 0.250. The maximum absolute atomic E-state index is 13.5. The summed E-state index contributed by atoms with van der Waals surface area (Å²) in [4.78, 5) is 28.1. The molecule has 1 saturated heterocycles. The van der Waals surface area contributed by atoms with Gasteiger partial charge in [0.25, 0.3) is 5.56 Å². The van der Waals surface area contributed by atoms with Crippen molar-refractivity contribution < 1.29 is 20.1 Å². The number of nitrogens with one attached hydrogen (secondary N) is 1. The maximum Gasteiger partial charge on any atom is 0.330 e. The second kappa shape index (κ2) is 9.00. The minimum atomic E-state index is -3.54. The molecular formula is C26H32N2O6Si. The van der Waals surface area contributed by atoms with E-state index in [0.29, 0.717) is 0 Å². The van der Waals surface area contributed by atoms with E-state index in [-0.39, 0.29) is 5.56 Å². The number of aryl methyl sites for hydroxylation is 1. The zero-order chi connectivity index (χ0) is 25.6. The molecule has 0 bridgehead atoms. The fourth-order valence-electron chi connectivity index (χ4n) is 5.81. The number of benzene rings is 2. The molecule has 4 rings (SSSR count). The average molecular weight is 497 g/mol. The zero-order valence-electron chi connectivity index (χ0n) is 20.3. The topological polar surface area (TPSA) is 125 Å². The molecule has 35 heavy (non-hydrogen) atoms. The lowest BCUT2D eigenvalue weighted by molar-refractivity contribution is -0.0978. The van der Waals surface area contributed by atoms with E-state index < -0.39 is 54.6 Å². The van der Waals surface area contributed by atoms with Crippen LogP contribution in [0.5, 0.6) is 0 Å². The number of aromatic nitrogens is 2. The Morgan fingerprint density at radius 3 is 1.94 bits per heavy atom. The van der Waals surface area contributed by atoms with Crippen LogP contribution in [-0.2, 0) is 10.1 Å². The highest BCUT2D eigenvalue weighted by Crippen LogP contribution is 2.51. The van der Waals surface area contributed by atoms with Crippen LogP contribution < -0.4 is 21.6 Å². The van der Waals surface area contributed by atoms with Gasteiger partial charge in [0, 0.05) is 11.8 Å². The van der Waals surface area contributed by atoms with Crippen molar-refractivity contribution in [2.75, 3.05) is 6.61 Å². The molecule has 0 unspecified atom stereocenters. The molecule has 1 aliphatic rings. The highest BCUT2D eigenvalue weighted by atomic mass is 28.3. The summed E-state index contributed by atoms with van der Waals surface area (Å²) in [7, 11) is -3.54. The van der Waals surface area contributed by atoms with Crippen molar-refractivity contribution in [3.63, 3.8) is 0 Å². The van der Waals surface area contributed by atoms with Gasteiger partial charge in [0.2, 0.25) is 0 Å². The van der Waals surface area contributed by atoms with Crippen LogP contribution in [-0.4, -0.2) is 57.9 Å². The lowest BCUT2D eigenvalue weighted by atomic mass is 10.1. The molecule has 0 aliphatic carbocycles. The number of hydrogen-bond acceptors (Lipinski definition) is 6. The van der Waals surface area contributed by atoms with Crippen molar-refractivity contribution in [1.29, 1.82) is 0 Å². The number of aliphatic hydroxyl groups excluding tert-OH is 3. The molecule has 2 heterocycles. The Bertz CT molecular complexity index is 1260. The van der Waals surface area contributed by atoms with Gasteiger partial charge in [0.1, 0.15) is 18.3 Å². The van der Waals surface area contributed by atoms with E-state index in [4.69, 9.17) is 4.74 Å². The van der Waals surface area contributed by atoms with Gasteiger partial charge in [-0.25, -0.2) is 4.79 Å². The molecule has 1 aliphatic heterocycles. The Kier molecular flexibility index (Phi) is 6.50. The third-order valence-electron chi connectivity index (χ3n) is 7.17. The highest BCUT2D eigenvalue weighted by Gasteiger charge is 2.72. The largest absolute Gasteiger partial charge is 0.394 e. The van der Waals surface area contributed by atoms with Crippen LogP contribution in [0, 0.1) is 6.92 Å². The molecule has 0 radical (unpaired) electrons. The third-order valence-corrected chi connectivity index (χ3v) is 13.5. The number of aliphatic hydroxyl groups is 3. The maximum atomic E-state index is 13.5. The summed E-state index contributed by atoms with van der Waals surface area (Å²) in [5.74, 6) is 0. The smallest absolute Gasteiger partial charge is 0.330 e. The van der Waals surface area contributed by atoms with Gasteiger partial charge in [-0.3, -0.25) is 14.3 Å². The van der Waals surface area contributed by atoms with Crippen LogP contribution in [0.25, 0.3) is 0 Å². The fraction of sp³-hybridized carbons (Fsp3) is 0.385. The molecule has 9 heteroatoms. The Balaban J connectivity index is 2.28. The summed E-state index contributed by atoms with van der Waals surface area (Å²) in [6, 6.07) is 19.1. The summed E-state index contributed by atoms with van der Waals surface area (Å²) < 4.78 is 7.78. The molecule has 1 aromatic heterocycles. The first-order valence-electron chi connectivity index (χ1n) is 11.6. The standard InChI is InChI=1S/C26H32N2O6Si/c1-17-15-28(24(33)27-23(17)32)26(22(31)21(30)20(16-29)34-26)35(25(2,3)4,18-11-7-5-8-12-18)19-13-9-6-10-14-19/h5-15,20-22,29-31H,16H2,1-4H3,(H,27,32,33)/t20-,21-,22-,26+/m1/s1. The summed E-state index contributed by atoms with van der Waals surface area (Å²) in [6.07, 6.45) is -2.82. The van der Waals surface area contributed by atoms with Gasteiger partial charge in [-0.1, -0.05) is 81.4 Å². The molecule has 4 N–H and O–H groups in total. The minimum Gasteiger partial charge on any atom is -0.394 e. The molecule has 2 aromatic carbocycles. The van der Waals surface area contributed by atoms with Crippen molar-refractivity contribution in [1.82, 2.24) is 9.55 Å². The van der Waals surface area contributed by atoms with Crippen molar-refractivity contribution in [3.8, 4) is 0 Å². The monoisotopic (exact) mass is 496 g/mol. The molecule has 8 nitrogen and oxygen atoms in total. The van der Waals surface area contributed by atoms with Crippen LogP contribution in [0.15, 0.2) is 76.4 Å². The molecular weight excluding hydrogens is 464 g/mol. The van der Waals surface area contributed by atoms with Crippen LogP contribution >= 0.6 is 0 Å². The lowest BCUT2D eigenvalue weighted by Gasteiger charge is -2.55. The van der Waals surface area contributed by atoms with E-state index in [0.717, 1.165) is 10.4 Å². The van der Waals surface area contributed by atoms with E-state index >= 15 is 0 Å². The van der Waals surface area contributed by atoms with Crippen molar-refractivity contribution in [3.05, 3.63) is 93.3 Å². The molecule has 4 atom stereocenters. The molecule has 0 saturated carbocycles. The summed E-state index contributed by atoms with van der Waals surface area (Å²) in [5, 5.41) is 32.3. The SMILES string of the molecule is Cc1cn([C@]2([Si](c3ccccc3)(c3ccccc3)C(C)(C)C)O[C@H](CO)[C@@H](O)[C@H]2O)c(=O)[nH]c1=O. The number of hydrogen-bond donors (Lipinski definition) is 4. The molecule has 1 fully saturated rings. The lowest BCUT2D eigenvalue weighted by Crippen LogP contribution is -2.82. The van der Waals surface area contributed by atoms with Gasteiger partial charge < -0.3 is 20.1 Å². The van der Waals surface area contributed by atoms with Gasteiger partial charge in [-0.2, -0.15) is 0 Å². The van der Waals surface area contributed by atoms with Crippen LogP contribution in [0.3, 0.4) is 0 Å². The van der Waals surface area contributed by atoms with Gasteiger partial charge in [0.15, 0.2) is 13.4 Å². The van der Waals surface area contributed by atoms with E-state index in [9.17, 15) is 24.9 Å². The first-order chi connectivity index (χ1) is 16.5. The molecule has 0 amide bonds. The number of rotatable bonds is 5. The van der Waals surface area contributed by atoms with Crippen molar-refractivity contribution in [2.45, 2.75) is 56.4 Å². The van der Waals surface area contributed by atoms with Crippen LogP contribution in [0.2, 0.25) is 5.04 Å². The fourth-order valence-corrected chi connectivity index (χ4v) is 12.6. The zero-order valence-corrected chi connectivity index (χ0v) is 21.3. The van der Waals surface area contributed by atoms with E-state index in [1.165, 1.54) is 10.8 Å². The molecule has 0 spiro atoms. The van der Waals surface area contributed by atoms with Gasteiger partial charge in [-0.05, 0) is 22.3 Å². The Morgan fingerprint density at radius 2 is 1.51 bits per heavy atom. The first kappa shape index (κ1) is 25.3. The third kappa shape index (κ3) is 3.57. The normalized spacial score (nSPS) is 25.1. The number of nitrogens with zero attached hydrogens (tertiary/aromatic N) is 1.